The Kier molecular flexibility index (Phi) is 5.60. The number of fused-ring (bicyclic) bond motifs is 1. The van der Waals surface area contributed by atoms with Crippen molar-refractivity contribution in [3.63, 3.8) is 0 Å². The van der Waals surface area contributed by atoms with Crippen LogP contribution in [0.3, 0.4) is 0 Å². The van der Waals surface area contributed by atoms with Gasteiger partial charge in [0.05, 0.1) is 21.6 Å². The highest BCUT2D eigenvalue weighted by Gasteiger charge is 2.08. The van der Waals surface area contributed by atoms with Crippen molar-refractivity contribution in [3.05, 3.63) is 99.3 Å². The smallest absolute Gasteiger partial charge is 0.259 e. The van der Waals surface area contributed by atoms with E-state index in [9.17, 15) is 4.79 Å². The number of H-pyrrole nitrogens is 1. The van der Waals surface area contributed by atoms with Gasteiger partial charge in [0, 0.05) is 11.2 Å². The maximum atomic E-state index is 12.3. The van der Waals surface area contributed by atoms with Crippen molar-refractivity contribution in [3.8, 4) is 5.75 Å². The van der Waals surface area contributed by atoms with Gasteiger partial charge in [-0.3, -0.25) is 9.78 Å². The molecule has 144 valence electrons. The van der Waals surface area contributed by atoms with Gasteiger partial charge in [0.1, 0.15) is 12.4 Å². The molecule has 0 aliphatic rings. The van der Waals surface area contributed by atoms with Crippen molar-refractivity contribution in [1.82, 2.24) is 15.0 Å². The zero-order valence-corrected chi connectivity index (χ0v) is 16.6. The summed E-state index contributed by atoms with van der Waals surface area (Å²) in [6.45, 7) is 0.392. The third kappa shape index (κ3) is 4.65. The third-order valence-electron chi connectivity index (χ3n) is 4.18. The maximum Gasteiger partial charge on any atom is 0.259 e. The quantitative estimate of drug-likeness (QED) is 0.473. The van der Waals surface area contributed by atoms with Gasteiger partial charge in [-0.2, -0.15) is 0 Å². The van der Waals surface area contributed by atoms with Crippen LogP contribution in [0.1, 0.15) is 17.1 Å². The predicted molar refractivity (Wildman–Crippen MR) is 116 cm³/mol. The highest BCUT2D eigenvalue weighted by molar-refractivity contribution is 6.50. The second-order valence-electron chi connectivity index (χ2n) is 6.25. The molecule has 2 aromatic carbocycles. The number of rotatable bonds is 5. The zero-order valence-electron chi connectivity index (χ0n) is 15.1. The molecule has 29 heavy (non-hydrogen) atoms. The number of aromatic amines is 1. The van der Waals surface area contributed by atoms with Crippen molar-refractivity contribution in [2.24, 2.45) is 0 Å². The standard InChI is InChI=1S/C22H15Cl2N3O2/c23-15-6-9-20-18(12-15)22(28)27-21(26-20)19(24)11-14-4-7-17(8-5-14)29-13-16-3-1-2-10-25-16/h1-12H,13H2,(H,26,27,28)/b19-11+. The lowest BCUT2D eigenvalue weighted by atomic mass is 10.2. The minimum atomic E-state index is -0.294. The molecule has 0 saturated carbocycles. The van der Waals surface area contributed by atoms with Crippen LogP contribution < -0.4 is 10.3 Å². The van der Waals surface area contributed by atoms with E-state index in [1.54, 1.807) is 30.5 Å². The summed E-state index contributed by atoms with van der Waals surface area (Å²) < 4.78 is 5.72. The fraction of sp³-hybridized carbons (Fsp3) is 0.0455. The van der Waals surface area contributed by atoms with E-state index < -0.39 is 0 Å². The lowest BCUT2D eigenvalue weighted by Crippen LogP contribution is -2.10. The molecule has 4 rings (SSSR count). The van der Waals surface area contributed by atoms with E-state index in [0.29, 0.717) is 33.4 Å². The molecule has 0 aliphatic heterocycles. The van der Waals surface area contributed by atoms with Gasteiger partial charge in [-0.15, -0.1) is 0 Å². The van der Waals surface area contributed by atoms with Crippen molar-refractivity contribution in [2.45, 2.75) is 6.61 Å². The fourth-order valence-electron chi connectivity index (χ4n) is 2.74. The average Bonchev–Trinajstić information content (AvgIpc) is 2.74. The first-order valence-corrected chi connectivity index (χ1v) is 9.54. The Bertz CT molecular complexity index is 1240. The molecule has 0 radical (unpaired) electrons. The van der Waals surface area contributed by atoms with E-state index in [-0.39, 0.29) is 5.56 Å². The summed E-state index contributed by atoms with van der Waals surface area (Å²) in [5.74, 6) is 1.01. The molecular weight excluding hydrogens is 409 g/mol. The first-order valence-electron chi connectivity index (χ1n) is 8.78. The van der Waals surface area contributed by atoms with Crippen LogP contribution in [0.5, 0.6) is 5.75 Å². The van der Waals surface area contributed by atoms with Gasteiger partial charge in [-0.1, -0.05) is 41.4 Å². The number of halogens is 2. The molecule has 7 heteroatoms. The largest absolute Gasteiger partial charge is 0.487 e. The summed E-state index contributed by atoms with van der Waals surface area (Å²) in [5, 5.41) is 1.21. The summed E-state index contributed by atoms with van der Waals surface area (Å²) in [6.07, 6.45) is 3.46. The minimum absolute atomic E-state index is 0.293. The summed E-state index contributed by atoms with van der Waals surface area (Å²) >= 11 is 12.3. The van der Waals surface area contributed by atoms with Crippen LogP contribution in [-0.2, 0) is 6.61 Å². The van der Waals surface area contributed by atoms with Crippen LogP contribution in [0.25, 0.3) is 22.0 Å². The van der Waals surface area contributed by atoms with Gasteiger partial charge in [0.25, 0.3) is 5.56 Å². The third-order valence-corrected chi connectivity index (χ3v) is 4.70. The second kappa shape index (κ2) is 8.47. The van der Waals surface area contributed by atoms with Gasteiger partial charge in [0.15, 0.2) is 5.82 Å². The molecule has 0 unspecified atom stereocenters. The molecule has 0 bridgehead atoms. The van der Waals surface area contributed by atoms with Gasteiger partial charge in [-0.05, 0) is 54.1 Å². The highest BCUT2D eigenvalue weighted by Crippen LogP contribution is 2.22. The van der Waals surface area contributed by atoms with Crippen LogP contribution in [0.4, 0.5) is 0 Å². The molecule has 1 N–H and O–H groups in total. The Morgan fingerprint density at radius 2 is 1.93 bits per heavy atom. The molecule has 0 amide bonds. The van der Waals surface area contributed by atoms with E-state index in [1.165, 1.54) is 0 Å². The van der Waals surface area contributed by atoms with Gasteiger partial charge < -0.3 is 9.72 Å². The lowest BCUT2D eigenvalue weighted by Gasteiger charge is -2.06. The SMILES string of the molecule is O=c1[nH]c(/C(Cl)=C\c2ccc(OCc3ccccn3)cc2)nc2ccc(Cl)cc12. The molecule has 0 spiro atoms. The number of hydrogen-bond acceptors (Lipinski definition) is 4. The molecule has 2 heterocycles. The molecule has 0 fully saturated rings. The number of hydrogen-bond donors (Lipinski definition) is 1. The monoisotopic (exact) mass is 423 g/mol. The molecule has 5 nitrogen and oxygen atoms in total. The van der Waals surface area contributed by atoms with Crippen LogP contribution in [0, 0.1) is 0 Å². The number of nitrogens with zero attached hydrogens (tertiary/aromatic N) is 2. The summed E-state index contributed by atoms with van der Waals surface area (Å²) in [6, 6.07) is 18.1. The lowest BCUT2D eigenvalue weighted by molar-refractivity contribution is 0.301. The number of pyridine rings is 1. The van der Waals surface area contributed by atoms with Crippen LogP contribution in [0.2, 0.25) is 5.02 Å². The Balaban J connectivity index is 1.52. The molecule has 2 aromatic heterocycles. The molecule has 4 aromatic rings. The average molecular weight is 424 g/mol. The van der Waals surface area contributed by atoms with Crippen molar-refractivity contribution in [1.29, 1.82) is 0 Å². The second-order valence-corrected chi connectivity index (χ2v) is 7.09. The van der Waals surface area contributed by atoms with E-state index in [1.807, 2.05) is 42.5 Å². The Labute approximate surface area is 176 Å². The molecule has 0 saturated heterocycles. The predicted octanol–water partition coefficient (Wildman–Crippen LogP) is 5.29. The number of nitrogens with one attached hydrogen (secondary N) is 1. The summed E-state index contributed by atoms with van der Waals surface area (Å²) in [5.41, 5.74) is 1.93. The fourth-order valence-corrected chi connectivity index (χ4v) is 3.13. The maximum absolute atomic E-state index is 12.3. The Morgan fingerprint density at radius 1 is 1.10 bits per heavy atom. The first kappa shape index (κ1) is 19.2. The van der Waals surface area contributed by atoms with Crippen molar-refractivity contribution < 1.29 is 4.74 Å². The number of ether oxygens (including phenoxy) is 1. The van der Waals surface area contributed by atoms with Crippen LogP contribution in [-0.4, -0.2) is 15.0 Å². The number of benzene rings is 2. The van der Waals surface area contributed by atoms with E-state index in [2.05, 4.69) is 15.0 Å². The topological polar surface area (TPSA) is 67.9 Å². The van der Waals surface area contributed by atoms with Gasteiger partial charge >= 0.3 is 0 Å². The van der Waals surface area contributed by atoms with E-state index in [0.717, 1.165) is 17.0 Å². The van der Waals surface area contributed by atoms with Crippen LogP contribution in [0.15, 0.2) is 71.7 Å². The summed E-state index contributed by atoms with van der Waals surface area (Å²) in [4.78, 5) is 23.6. The van der Waals surface area contributed by atoms with Crippen molar-refractivity contribution in [2.75, 3.05) is 0 Å². The Hall–Kier alpha value is -3.15. The van der Waals surface area contributed by atoms with E-state index in [4.69, 9.17) is 27.9 Å². The minimum Gasteiger partial charge on any atom is -0.487 e. The molecule has 0 aliphatic carbocycles. The normalized spacial score (nSPS) is 11.6. The highest BCUT2D eigenvalue weighted by atomic mass is 35.5. The van der Waals surface area contributed by atoms with Crippen LogP contribution >= 0.6 is 23.2 Å². The number of aromatic nitrogens is 3. The Morgan fingerprint density at radius 3 is 2.69 bits per heavy atom. The summed E-state index contributed by atoms with van der Waals surface area (Å²) in [7, 11) is 0. The van der Waals surface area contributed by atoms with E-state index >= 15 is 0 Å². The zero-order chi connectivity index (χ0) is 20.2. The molecule has 0 atom stereocenters. The van der Waals surface area contributed by atoms with Crippen molar-refractivity contribution >= 4 is 45.2 Å². The van der Waals surface area contributed by atoms with Gasteiger partial charge in [0.2, 0.25) is 0 Å². The first-order chi connectivity index (χ1) is 14.1. The molecular formula is C22H15Cl2N3O2. The van der Waals surface area contributed by atoms with Gasteiger partial charge in [-0.25, -0.2) is 4.98 Å².